The molecule has 32 heavy (non-hydrogen) atoms. The molecule has 2 fully saturated rings. The van der Waals surface area contributed by atoms with Crippen molar-refractivity contribution in [2.24, 2.45) is 0 Å². The average Bonchev–Trinajstić information content (AvgIpc) is 3.45. The number of aromatic nitrogens is 2. The molecule has 1 saturated carbocycles. The molecular weight excluding hydrogens is 440 g/mol. The average molecular weight is 461 g/mol. The van der Waals surface area contributed by atoms with E-state index in [0.29, 0.717) is 31.2 Å². The Hall–Kier alpha value is -2.85. The van der Waals surface area contributed by atoms with Crippen LogP contribution in [0.25, 0.3) is 0 Å². The van der Waals surface area contributed by atoms with E-state index in [9.17, 15) is 13.2 Å². The van der Waals surface area contributed by atoms with Crippen molar-refractivity contribution in [3.63, 3.8) is 0 Å². The summed E-state index contributed by atoms with van der Waals surface area (Å²) in [5, 5.41) is 5.23. The van der Waals surface area contributed by atoms with Gasteiger partial charge in [0.1, 0.15) is 16.9 Å². The highest BCUT2D eigenvalue weighted by Crippen LogP contribution is 2.53. The van der Waals surface area contributed by atoms with Gasteiger partial charge in [-0.3, -0.25) is 0 Å². The zero-order chi connectivity index (χ0) is 22.5. The van der Waals surface area contributed by atoms with Crippen molar-refractivity contribution in [3.8, 4) is 0 Å². The summed E-state index contributed by atoms with van der Waals surface area (Å²) in [5.41, 5.74) is -0.269. The van der Waals surface area contributed by atoms with Crippen molar-refractivity contribution in [2.45, 2.75) is 42.9 Å². The lowest BCUT2D eigenvalue weighted by Crippen LogP contribution is -2.39. The summed E-state index contributed by atoms with van der Waals surface area (Å²) in [6.07, 6.45) is 2.05. The van der Waals surface area contributed by atoms with Gasteiger partial charge >= 0.3 is 5.76 Å². The van der Waals surface area contributed by atoms with Gasteiger partial charge in [0, 0.05) is 24.2 Å². The molecule has 1 aromatic heterocycles. The van der Waals surface area contributed by atoms with Crippen LogP contribution in [0.5, 0.6) is 0 Å². The van der Waals surface area contributed by atoms with Crippen LogP contribution in [-0.4, -0.2) is 29.5 Å². The van der Waals surface area contributed by atoms with E-state index in [2.05, 4.69) is 10.2 Å². The van der Waals surface area contributed by atoms with Crippen LogP contribution in [0.1, 0.15) is 53.5 Å². The Morgan fingerprint density at radius 1 is 1.16 bits per heavy atom. The molecule has 2 heterocycles. The Bertz CT molecular complexity index is 1320. The van der Waals surface area contributed by atoms with Gasteiger partial charge in [0.15, 0.2) is 0 Å². The number of hydrogen-bond donors (Lipinski definition) is 1. The maximum absolute atomic E-state index is 15.1. The van der Waals surface area contributed by atoms with Gasteiger partial charge in [-0.25, -0.2) is 27.1 Å². The molecule has 0 spiro atoms. The van der Waals surface area contributed by atoms with Crippen LogP contribution in [0.4, 0.5) is 8.78 Å². The van der Waals surface area contributed by atoms with Crippen molar-refractivity contribution in [2.75, 3.05) is 6.54 Å². The number of hydrogen-bond acceptors (Lipinski definition) is 5. The Labute approximate surface area is 183 Å². The highest BCUT2D eigenvalue weighted by Gasteiger charge is 2.52. The number of nitrogens with one attached hydrogen (secondary N) is 1. The largest absolute Gasteiger partial charge is 0.434 e. The molecule has 5 rings (SSSR count). The molecule has 1 unspecified atom stereocenters. The summed E-state index contributed by atoms with van der Waals surface area (Å²) >= 11 is 0. The second-order valence-corrected chi connectivity index (χ2v) is 10.5. The predicted octanol–water partition coefficient (Wildman–Crippen LogP) is 3.39. The highest BCUT2D eigenvalue weighted by molar-refractivity contribution is 7.89. The van der Waals surface area contributed by atoms with Crippen LogP contribution < -0.4 is 5.76 Å². The van der Waals surface area contributed by atoms with E-state index >= 15 is 8.78 Å². The van der Waals surface area contributed by atoms with E-state index in [1.54, 1.807) is 24.3 Å². The molecule has 0 radical (unpaired) electrons. The van der Waals surface area contributed by atoms with Crippen LogP contribution in [0, 0.1) is 11.6 Å². The molecule has 10 heteroatoms. The summed E-state index contributed by atoms with van der Waals surface area (Å²) in [6.45, 7) is -0.00394. The zero-order valence-corrected chi connectivity index (χ0v) is 17.9. The summed E-state index contributed by atoms with van der Waals surface area (Å²) in [5.74, 6) is -2.12. The molecule has 0 bridgehead atoms. The van der Waals surface area contributed by atoms with Crippen LogP contribution in [0.3, 0.4) is 0 Å². The third-order valence-corrected chi connectivity index (χ3v) is 8.62. The minimum absolute atomic E-state index is 0.0258. The van der Waals surface area contributed by atoms with E-state index < -0.39 is 38.1 Å². The summed E-state index contributed by atoms with van der Waals surface area (Å²) in [7, 11) is -3.73. The van der Waals surface area contributed by atoms with E-state index in [0.717, 1.165) is 12.1 Å². The summed E-state index contributed by atoms with van der Waals surface area (Å²) < 4.78 is 62.7. The first-order valence-electron chi connectivity index (χ1n) is 10.4. The molecule has 1 N–H and O–H groups in total. The minimum Gasteiger partial charge on any atom is -0.392 e. The van der Waals surface area contributed by atoms with Crippen molar-refractivity contribution < 1.29 is 21.6 Å². The molecule has 1 aliphatic heterocycles. The van der Waals surface area contributed by atoms with Crippen LogP contribution >= 0.6 is 0 Å². The van der Waals surface area contributed by atoms with E-state index in [4.69, 9.17) is 4.42 Å². The van der Waals surface area contributed by atoms with Crippen molar-refractivity contribution >= 4 is 10.0 Å². The second kappa shape index (κ2) is 7.63. The van der Waals surface area contributed by atoms with Crippen molar-refractivity contribution in [1.82, 2.24) is 14.5 Å². The number of aromatic amines is 1. The first kappa shape index (κ1) is 21.0. The van der Waals surface area contributed by atoms with E-state index in [-0.39, 0.29) is 30.1 Å². The lowest BCUT2D eigenvalue weighted by molar-refractivity contribution is 0.354. The first-order chi connectivity index (χ1) is 15.3. The highest BCUT2D eigenvalue weighted by atomic mass is 32.2. The van der Waals surface area contributed by atoms with Crippen molar-refractivity contribution in [1.29, 1.82) is 0 Å². The summed E-state index contributed by atoms with van der Waals surface area (Å²) in [6, 6.07) is 11.0. The predicted molar refractivity (Wildman–Crippen MR) is 111 cm³/mol. The quantitative estimate of drug-likeness (QED) is 0.628. The molecule has 1 aliphatic carbocycles. The van der Waals surface area contributed by atoms with E-state index in [1.807, 2.05) is 6.07 Å². The molecule has 168 valence electrons. The topological polar surface area (TPSA) is 96.3 Å². The molecule has 7 nitrogen and oxygen atoms in total. The third-order valence-electron chi connectivity index (χ3n) is 6.36. The molecule has 3 aromatic rings. The molecule has 2 aliphatic rings. The van der Waals surface area contributed by atoms with Crippen molar-refractivity contribution in [3.05, 3.63) is 87.2 Å². The minimum atomic E-state index is -3.73. The maximum atomic E-state index is 15.1. The number of halogens is 2. The normalized spacial score (nSPS) is 22.0. The first-order valence-corrected chi connectivity index (χ1v) is 11.9. The van der Waals surface area contributed by atoms with Gasteiger partial charge in [0.2, 0.25) is 15.9 Å². The Kier molecular flexibility index (Phi) is 5.01. The number of H-pyrrole nitrogens is 1. The van der Waals surface area contributed by atoms with E-state index in [1.165, 1.54) is 4.31 Å². The fourth-order valence-electron chi connectivity index (χ4n) is 4.51. The summed E-state index contributed by atoms with van der Waals surface area (Å²) in [4.78, 5) is 11.3. The van der Waals surface area contributed by atoms with Gasteiger partial charge in [-0.15, -0.1) is 5.10 Å². The van der Waals surface area contributed by atoms with Gasteiger partial charge in [0.05, 0.1) is 5.41 Å². The smallest absolute Gasteiger partial charge is 0.392 e. The Morgan fingerprint density at radius 3 is 2.56 bits per heavy atom. The maximum Gasteiger partial charge on any atom is 0.434 e. The second-order valence-electron chi connectivity index (χ2n) is 8.34. The number of rotatable bonds is 5. The van der Waals surface area contributed by atoms with Crippen LogP contribution in [0.15, 0.2) is 51.7 Å². The fourth-order valence-corrected chi connectivity index (χ4v) is 6.54. The Balaban J connectivity index is 1.44. The third kappa shape index (κ3) is 3.47. The van der Waals surface area contributed by atoms with Gasteiger partial charge in [-0.1, -0.05) is 30.3 Å². The standard InChI is InChI=1S/C22H21F2N3O4S/c23-17-12-16(22(8-9-22)20-25-26-21(28)31-20)18(24)11-15(17)13-27-10-4-7-19(32(27,29)30)14-5-2-1-3-6-14/h1-3,5-6,11-12,19H,4,7-10,13H2,(H,26,28). The van der Waals surface area contributed by atoms with Crippen LogP contribution in [-0.2, 0) is 22.0 Å². The SMILES string of the molecule is O=c1[nH]nc(C2(c3cc(F)c(CN4CCCC(c5ccccc5)S4(=O)=O)cc3F)CC2)o1. The molecule has 0 amide bonds. The molecule has 1 atom stereocenters. The fraction of sp³-hybridized carbons (Fsp3) is 0.364. The Morgan fingerprint density at radius 2 is 1.91 bits per heavy atom. The van der Waals surface area contributed by atoms with Gasteiger partial charge in [0.25, 0.3) is 0 Å². The number of nitrogens with zero attached hydrogens (tertiary/aromatic N) is 2. The molecule has 2 aromatic carbocycles. The van der Waals surface area contributed by atoms with Gasteiger partial charge in [-0.05, 0) is 43.4 Å². The van der Waals surface area contributed by atoms with Crippen LogP contribution in [0.2, 0.25) is 0 Å². The van der Waals surface area contributed by atoms with Gasteiger partial charge in [-0.2, -0.15) is 4.31 Å². The zero-order valence-electron chi connectivity index (χ0n) is 17.1. The van der Waals surface area contributed by atoms with Gasteiger partial charge < -0.3 is 4.42 Å². The molecular formula is C22H21F2N3O4S. The lowest BCUT2D eigenvalue weighted by Gasteiger charge is -2.32. The number of benzene rings is 2. The number of sulfonamides is 1. The lowest BCUT2D eigenvalue weighted by atomic mass is 9.93. The molecule has 1 saturated heterocycles. The monoisotopic (exact) mass is 461 g/mol.